The van der Waals surface area contributed by atoms with Gasteiger partial charge < -0.3 is 23.8 Å². The van der Waals surface area contributed by atoms with Gasteiger partial charge >= 0.3 is 0 Å². The van der Waals surface area contributed by atoms with Crippen LogP contribution in [0.4, 0.5) is 4.39 Å². The van der Waals surface area contributed by atoms with Crippen LogP contribution in [0.15, 0.2) is 51.8 Å². The van der Waals surface area contributed by atoms with Crippen molar-refractivity contribution in [3.63, 3.8) is 0 Å². The molecular formula is C40H44FN3O4. The molecule has 4 bridgehead atoms. The minimum atomic E-state index is -1.14. The van der Waals surface area contributed by atoms with E-state index in [9.17, 15) is 14.3 Å². The minimum absolute atomic E-state index is 0.102. The standard InChI is InChI=1S/C40H44FN3O4/c1-7-31-34(43-38(42-31)40-17-23-12-24(18-40)14-25(13-23)19-40)33-16-29-36(48-33)30(20-44(6)37(29)45)28-15-26(39(4,5)46)8-9-32(28)47-35-21(2)10-27(41)11-22(35)3/h8-11,15-16,20,23-25,46H,7,12-14,17-19H2,1-6H3,(H,42,43). The summed E-state index contributed by atoms with van der Waals surface area (Å²) >= 11 is 0. The first-order valence-electron chi connectivity index (χ1n) is 17.4. The first-order valence-corrected chi connectivity index (χ1v) is 17.4. The second kappa shape index (κ2) is 10.9. The predicted octanol–water partition coefficient (Wildman–Crippen LogP) is 8.99. The molecule has 0 radical (unpaired) electrons. The van der Waals surface area contributed by atoms with Gasteiger partial charge in [-0.2, -0.15) is 0 Å². The molecule has 0 spiro atoms. The molecule has 8 heteroatoms. The van der Waals surface area contributed by atoms with E-state index in [2.05, 4.69) is 11.9 Å². The number of rotatable bonds is 7. The summed E-state index contributed by atoms with van der Waals surface area (Å²) in [5.74, 6) is 4.76. The molecule has 9 rings (SSSR count). The number of furan rings is 1. The quantitative estimate of drug-likeness (QED) is 0.184. The fourth-order valence-electron chi connectivity index (χ4n) is 9.46. The van der Waals surface area contributed by atoms with Crippen LogP contribution < -0.4 is 10.3 Å². The van der Waals surface area contributed by atoms with Gasteiger partial charge in [0.25, 0.3) is 5.56 Å². The number of nitrogens with zero attached hydrogens (tertiary/aromatic N) is 2. The summed E-state index contributed by atoms with van der Waals surface area (Å²) in [4.78, 5) is 22.7. The number of aromatic nitrogens is 3. The smallest absolute Gasteiger partial charge is 0.261 e. The summed E-state index contributed by atoms with van der Waals surface area (Å²) in [7, 11) is 1.73. The van der Waals surface area contributed by atoms with E-state index >= 15 is 0 Å². The molecule has 3 aromatic heterocycles. The first kappa shape index (κ1) is 31.1. The van der Waals surface area contributed by atoms with Crippen LogP contribution in [-0.4, -0.2) is 19.6 Å². The van der Waals surface area contributed by atoms with Crippen LogP contribution >= 0.6 is 0 Å². The molecule has 2 aromatic carbocycles. The predicted molar refractivity (Wildman–Crippen MR) is 185 cm³/mol. The van der Waals surface area contributed by atoms with Gasteiger partial charge in [0.05, 0.1) is 11.0 Å². The van der Waals surface area contributed by atoms with Crippen molar-refractivity contribution in [3.8, 4) is 34.1 Å². The molecule has 0 unspecified atom stereocenters. The van der Waals surface area contributed by atoms with E-state index in [1.165, 1.54) is 50.7 Å². The molecule has 250 valence electrons. The highest BCUT2D eigenvalue weighted by atomic mass is 19.1. The normalized spacial score (nSPS) is 23.4. The molecule has 4 aliphatic rings. The highest BCUT2D eigenvalue weighted by Crippen LogP contribution is 2.60. The lowest BCUT2D eigenvalue weighted by molar-refractivity contribution is -0.00903. The number of hydrogen-bond donors (Lipinski definition) is 2. The van der Waals surface area contributed by atoms with Crippen LogP contribution in [0.1, 0.15) is 87.5 Å². The summed E-state index contributed by atoms with van der Waals surface area (Å²) in [6.45, 7) is 9.21. The molecule has 5 aromatic rings. The van der Waals surface area contributed by atoms with E-state index in [0.717, 1.165) is 41.4 Å². The van der Waals surface area contributed by atoms with Crippen molar-refractivity contribution >= 4 is 11.0 Å². The largest absolute Gasteiger partial charge is 0.456 e. The van der Waals surface area contributed by atoms with E-state index in [4.69, 9.17) is 14.1 Å². The van der Waals surface area contributed by atoms with Gasteiger partial charge in [-0.05, 0) is 137 Å². The molecule has 0 aliphatic heterocycles. The lowest BCUT2D eigenvalue weighted by Crippen LogP contribution is -2.49. The van der Waals surface area contributed by atoms with Crippen molar-refractivity contribution in [2.75, 3.05) is 0 Å². The molecule has 48 heavy (non-hydrogen) atoms. The second-order valence-electron chi connectivity index (χ2n) is 15.5. The van der Waals surface area contributed by atoms with Crippen LogP contribution in [0.2, 0.25) is 0 Å². The Morgan fingerprint density at radius 3 is 2.29 bits per heavy atom. The average Bonchev–Trinajstić information content (AvgIpc) is 3.65. The fraction of sp³-hybridized carbons (Fsp3) is 0.450. The van der Waals surface area contributed by atoms with Gasteiger partial charge in [-0.15, -0.1) is 0 Å². The number of fused-ring (bicyclic) bond motifs is 1. The number of pyridine rings is 1. The molecule has 4 saturated carbocycles. The molecule has 0 amide bonds. The number of aromatic amines is 1. The number of ether oxygens (including phenoxy) is 1. The SMILES string of the molecule is CCc1[nH]c(C23CC4CC(CC(C4)C2)C3)nc1-c1cc2c(=O)n(C)cc(-c3cc(C(C)(C)O)ccc3Oc3c(C)cc(F)cc3C)c2o1. The third kappa shape index (κ3) is 5.02. The van der Waals surface area contributed by atoms with E-state index in [-0.39, 0.29) is 16.8 Å². The molecule has 0 atom stereocenters. The van der Waals surface area contributed by atoms with Crippen molar-refractivity contribution in [1.29, 1.82) is 0 Å². The first-order chi connectivity index (χ1) is 22.8. The molecule has 7 nitrogen and oxygen atoms in total. The van der Waals surface area contributed by atoms with Gasteiger partial charge in [0.1, 0.15) is 34.4 Å². The number of imidazole rings is 1. The maximum Gasteiger partial charge on any atom is 0.261 e. The van der Waals surface area contributed by atoms with E-state index in [1.807, 2.05) is 38.1 Å². The molecular weight excluding hydrogens is 605 g/mol. The molecule has 0 saturated heterocycles. The van der Waals surface area contributed by atoms with E-state index in [1.54, 1.807) is 31.7 Å². The van der Waals surface area contributed by atoms with E-state index < -0.39 is 5.60 Å². The van der Waals surface area contributed by atoms with Gasteiger partial charge in [-0.3, -0.25) is 4.79 Å². The van der Waals surface area contributed by atoms with Gasteiger partial charge in [-0.25, -0.2) is 9.37 Å². The average molecular weight is 650 g/mol. The molecule has 2 N–H and O–H groups in total. The summed E-state index contributed by atoms with van der Waals surface area (Å²) in [6, 6.07) is 10.2. The number of halogens is 1. The van der Waals surface area contributed by atoms with Gasteiger partial charge in [0, 0.05) is 35.5 Å². The van der Waals surface area contributed by atoms with E-state index in [0.29, 0.717) is 56.0 Å². The number of aryl methyl sites for hydroxylation is 4. The summed E-state index contributed by atoms with van der Waals surface area (Å²) in [5, 5.41) is 11.4. The van der Waals surface area contributed by atoms with Crippen molar-refractivity contribution < 1.29 is 18.7 Å². The highest BCUT2D eigenvalue weighted by Gasteiger charge is 2.53. The number of aliphatic hydroxyl groups is 1. The monoisotopic (exact) mass is 649 g/mol. The summed E-state index contributed by atoms with van der Waals surface area (Å²) < 4.78 is 28.9. The summed E-state index contributed by atoms with van der Waals surface area (Å²) in [5.41, 5.74) is 4.30. The molecule has 3 heterocycles. The molecule has 4 fully saturated rings. The number of hydrogen-bond acceptors (Lipinski definition) is 5. The Bertz CT molecular complexity index is 2090. The summed E-state index contributed by atoms with van der Waals surface area (Å²) in [6.07, 6.45) is 10.2. The van der Waals surface area contributed by atoms with Gasteiger partial charge in [-0.1, -0.05) is 13.0 Å². The van der Waals surface area contributed by atoms with Crippen molar-refractivity contribution in [1.82, 2.24) is 14.5 Å². The zero-order chi connectivity index (χ0) is 33.7. The van der Waals surface area contributed by atoms with Crippen LogP contribution in [0.3, 0.4) is 0 Å². The third-order valence-electron chi connectivity index (χ3n) is 11.4. The Balaban J connectivity index is 1.28. The zero-order valence-electron chi connectivity index (χ0n) is 28.7. The van der Waals surface area contributed by atoms with Gasteiger partial charge in [0.2, 0.25) is 0 Å². The lowest BCUT2D eigenvalue weighted by Gasteiger charge is -2.56. The number of H-pyrrole nitrogens is 1. The van der Waals surface area contributed by atoms with Crippen molar-refractivity contribution in [3.05, 3.63) is 87.0 Å². The number of nitrogens with one attached hydrogen (secondary N) is 1. The Kier molecular flexibility index (Phi) is 7.08. The highest BCUT2D eigenvalue weighted by molar-refractivity contribution is 5.95. The Morgan fingerprint density at radius 2 is 1.69 bits per heavy atom. The van der Waals surface area contributed by atoms with Crippen LogP contribution in [0, 0.1) is 37.4 Å². The minimum Gasteiger partial charge on any atom is -0.456 e. The maximum absolute atomic E-state index is 14.2. The van der Waals surface area contributed by atoms with Crippen LogP contribution in [0.25, 0.3) is 33.6 Å². The Labute approximate surface area is 280 Å². The zero-order valence-corrected chi connectivity index (χ0v) is 28.7. The van der Waals surface area contributed by atoms with Gasteiger partial charge in [0.15, 0.2) is 5.76 Å². The van der Waals surface area contributed by atoms with Crippen LogP contribution in [0.5, 0.6) is 11.5 Å². The lowest BCUT2D eigenvalue weighted by atomic mass is 9.49. The Morgan fingerprint density at radius 1 is 1.04 bits per heavy atom. The fourth-order valence-corrected chi connectivity index (χ4v) is 9.46. The Hall–Kier alpha value is -4.17. The van der Waals surface area contributed by atoms with Crippen molar-refractivity contribution in [2.45, 2.75) is 90.6 Å². The number of benzene rings is 2. The van der Waals surface area contributed by atoms with Crippen molar-refractivity contribution in [2.24, 2.45) is 24.8 Å². The topological polar surface area (TPSA) is 93.3 Å². The maximum atomic E-state index is 14.2. The second-order valence-corrected chi connectivity index (χ2v) is 15.5. The third-order valence-corrected chi connectivity index (χ3v) is 11.4. The van der Waals surface area contributed by atoms with Crippen LogP contribution in [-0.2, 0) is 24.5 Å². The molecule has 4 aliphatic carbocycles.